The van der Waals surface area contributed by atoms with E-state index in [9.17, 15) is 4.79 Å². The van der Waals surface area contributed by atoms with Crippen LogP contribution < -0.4 is 0 Å². The average molecular weight is 322 g/mol. The van der Waals surface area contributed by atoms with E-state index in [1.54, 1.807) is 12.1 Å². The van der Waals surface area contributed by atoms with Crippen LogP contribution in [0.1, 0.15) is 34.8 Å². The molecule has 1 saturated carbocycles. The average Bonchev–Trinajstić information content (AvgIpc) is 3.32. The van der Waals surface area contributed by atoms with E-state index in [2.05, 4.69) is 15.8 Å². The lowest BCUT2D eigenvalue weighted by Gasteiger charge is -2.08. The van der Waals surface area contributed by atoms with Gasteiger partial charge in [-0.1, -0.05) is 35.3 Å². The number of hydrogen-bond donors (Lipinski definition) is 0. The number of benzene rings is 1. The van der Waals surface area contributed by atoms with Crippen LogP contribution in [0.4, 0.5) is 0 Å². The van der Waals surface area contributed by atoms with Gasteiger partial charge in [0.1, 0.15) is 0 Å². The Morgan fingerprint density at radius 3 is 2.57 bits per heavy atom. The molecule has 2 aromatic rings. The van der Waals surface area contributed by atoms with Crippen LogP contribution >= 0.6 is 23.2 Å². The third-order valence-electron chi connectivity index (χ3n) is 3.54. The highest BCUT2D eigenvalue weighted by molar-refractivity contribution is 6.34. The van der Waals surface area contributed by atoms with E-state index >= 15 is 0 Å². The minimum Gasteiger partial charge on any atom is -0.464 e. The number of pyridine rings is 1. The summed E-state index contributed by atoms with van der Waals surface area (Å²) in [5.74, 6) is 0.0768. The van der Waals surface area contributed by atoms with Crippen molar-refractivity contribution in [3.63, 3.8) is 0 Å². The van der Waals surface area contributed by atoms with Gasteiger partial charge in [0.25, 0.3) is 0 Å². The van der Waals surface area contributed by atoms with E-state index < -0.39 is 5.97 Å². The fourth-order valence-electron chi connectivity index (χ4n) is 2.24. The number of methoxy groups -OCH3 is 1. The second kappa shape index (κ2) is 5.66. The first kappa shape index (κ1) is 14.4. The number of carbonyl (C=O) groups excluding carboxylic acids is 1. The highest BCUT2D eigenvalue weighted by Gasteiger charge is 2.24. The standard InChI is InChI=1S/C16H13Cl2NO2/c1-21-16(20)15-12(17)6-7-14(19-15)11-5-4-10(8-13(11)18)9-2-3-9/h4-9H,2-3H2,1H3. The second-order valence-electron chi connectivity index (χ2n) is 5.03. The monoisotopic (exact) mass is 321 g/mol. The van der Waals surface area contributed by atoms with Crippen molar-refractivity contribution < 1.29 is 9.53 Å². The number of hydrogen-bond acceptors (Lipinski definition) is 3. The first-order valence-corrected chi connectivity index (χ1v) is 7.40. The van der Waals surface area contributed by atoms with Crippen molar-refractivity contribution in [1.82, 2.24) is 4.98 Å². The van der Waals surface area contributed by atoms with Gasteiger partial charge in [-0.2, -0.15) is 0 Å². The molecule has 108 valence electrons. The molecule has 3 nitrogen and oxygen atoms in total. The Bertz CT molecular complexity index is 711. The van der Waals surface area contributed by atoms with E-state index in [1.165, 1.54) is 25.5 Å². The van der Waals surface area contributed by atoms with Gasteiger partial charge in [-0.05, 0) is 42.5 Å². The maximum absolute atomic E-state index is 11.7. The van der Waals surface area contributed by atoms with Crippen LogP contribution in [-0.4, -0.2) is 18.1 Å². The largest absolute Gasteiger partial charge is 0.464 e. The van der Waals surface area contributed by atoms with Gasteiger partial charge in [-0.15, -0.1) is 0 Å². The second-order valence-corrected chi connectivity index (χ2v) is 5.85. The maximum atomic E-state index is 11.7. The van der Waals surface area contributed by atoms with E-state index in [0.717, 1.165) is 5.56 Å². The maximum Gasteiger partial charge on any atom is 0.358 e. The van der Waals surface area contributed by atoms with Crippen molar-refractivity contribution in [2.24, 2.45) is 0 Å². The molecule has 0 unspecified atom stereocenters. The van der Waals surface area contributed by atoms with Crippen molar-refractivity contribution in [1.29, 1.82) is 0 Å². The van der Waals surface area contributed by atoms with Gasteiger partial charge in [0.2, 0.25) is 0 Å². The summed E-state index contributed by atoms with van der Waals surface area (Å²) in [6.07, 6.45) is 2.45. The molecule has 1 aromatic carbocycles. The zero-order valence-corrected chi connectivity index (χ0v) is 12.9. The summed E-state index contributed by atoms with van der Waals surface area (Å²) >= 11 is 12.3. The van der Waals surface area contributed by atoms with E-state index in [0.29, 0.717) is 16.6 Å². The van der Waals surface area contributed by atoms with E-state index in [-0.39, 0.29) is 10.7 Å². The molecule has 0 atom stereocenters. The summed E-state index contributed by atoms with van der Waals surface area (Å²) in [5, 5.41) is 0.890. The fourth-order valence-corrected chi connectivity index (χ4v) is 2.71. The molecule has 0 radical (unpaired) electrons. The Hall–Kier alpha value is -1.58. The lowest BCUT2D eigenvalue weighted by molar-refractivity contribution is 0.0594. The molecule has 0 saturated heterocycles. The molecule has 3 rings (SSSR count). The Balaban J connectivity index is 2.02. The highest BCUT2D eigenvalue weighted by atomic mass is 35.5. The van der Waals surface area contributed by atoms with Crippen LogP contribution in [0.15, 0.2) is 30.3 Å². The minimum atomic E-state index is -0.562. The zero-order valence-electron chi connectivity index (χ0n) is 11.4. The highest BCUT2D eigenvalue weighted by Crippen LogP contribution is 2.42. The Morgan fingerprint density at radius 1 is 1.19 bits per heavy atom. The molecule has 0 aliphatic heterocycles. The number of nitrogens with zero attached hydrogens (tertiary/aromatic N) is 1. The molecule has 5 heteroatoms. The predicted octanol–water partition coefficient (Wildman–Crippen LogP) is 4.72. The van der Waals surface area contributed by atoms with Gasteiger partial charge in [0, 0.05) is 5.56 Å². The molecule has 1 heterocycles. The Labute approximate surface area is 132 Å². The Morgan fingerprint density at radius 2 is 1.95 bits per heavy atom. The molecular formula is C16H13Cl2NO2. The molecule has 1 fully saturated rings. The molecule has 0 spiro atoms. The molecule has 0 bridgehead atoms. The summed E-state index contributed by atoms with van der Waals surface area (Å²) < 4.78 is 4.68. The third-order valence-corrected chi connectivity index (χ3v) is 4.16. The van der Waals surface area contributed by atoms with E-state index in [4.69, 9.17) is 23.2 Å². The lowest BCUT2D eigenvalue weighted by Crippen LogP contribution is -2.06. The van der Waals surface area contributed by atoms with E-state index in [1.807, 2.05) is 12.1 Å². The first-order chi connectivity index (χ1) is 10.1. The summed E-state index contributed by atoms with van der Waals surface area (Å²) in [6.45, 7) is 0. The van der Waals surface area contributed by atoms with Gasteiger partial charge in [0.05, 0.1) is 22.8 Å². The van der Waals surface area contributed by atoms with Crippen LogP contribution in [0.2, 0.25) is 10.0 Å². The summed E-state index contributed by atoms with van der Waals surface area (Å²) in [7, 11) is 1.30. The van der Waals surface area contributed by atoms with Crippen LogP contribution in [0.5, 0.6) is 0 Å². The quantitative estimate of drug-likeness (QED) is 0.768. The summed E-state index contributed by atoms with van der Waals surface area (Å²) in [5.41, 5.74) is 2.74. The summed E-state index contributed by atoms with van der Waals surface area (Å²) in [4.78, 5) is 15.9. The van der Waals surface area contributed by atoms with Crippen LogP contribution in [-0.2, 0) is 4.74 Å². The number of ether oxygens (including phenoxy) is 1. The van der Waals surface area contributed by atoms with Gasteiger partial charge >= 0.3 is 5.97 Å². The fraction of sp³-hybridized carbons (Fsp3) is 0.250. The number of rotatable bonds is 3. The van der Waals surface area contributed by atoms with Crippen LogP contribution in [0, 0.1) is 0 Å². The number of esters is 1. The van der Waals surface area contributed by atoms with Gasteiger partial charge in [-0.25, -0.2) is 9.78 Å². The van der Waals surface area contributed by atoms with Gasteiger partial charge in [0.15, 0.2) is 5.69 Å². The minimum absolute atomic E-state index is 0.0963. The SMILES string of the molecule is COC(=O)c1nc(-c2ccc(C3CC3)cc2Cl)ccc1Cl. The zero-order chi connectivity index (χ0) is 15.0. The molecule has 0 N–H and O–H groups in total. The summed E-state index contributed by atoms with van der Waals surface area (Å²) in [6, 6.07) is 9.34. The number of halogens is 2. The van der Waals surface area contributed by atoms with Crippen molar-refractivity contribution in [2.45, 2.75) is 18.8 Å². The number of carbonyl (C=O) groups is 1. The number of aromatic nitrogens is 1. The van der Waals surface area contributed by atoms with Crippen molar-refractivity contribution >= 4 is 29.2 Å². The normalized spacial score (nSPS) is 14.0. The van der Waals surface area contributed by atoms with Crippen molar-refractivity contribution in [3.05, 3.63) is 51.6 Å². The predicted molar refractivity (Wildman–Crippen MR) is 83.0 cm³/mol. The van der Waals surface area contributed by atoms with Crippen LogP contribution in [0.25, 0.3) is 11.3 Å². The Kier molecular flexibility index (Phi) is 3.87. The van der Waals surface area contributed by atoms with Crippen LogP contribution in [0.3, 0.4) is 0 Å². The van der Waals surface area contributed by atoms with Crippen molar-refractivity contribution in [3.8, 4) is 11.3 Å². The smallest absolute Gasteiger partial charge is 0.358 e. The molecule has 1 aliphatic carbocycles. The third kappa shape index (κ3) is 2.89. The molecule has 21 heavy (non-hydrogen) atoms. The molecule has 1 aromatic heterocycles. The lowest BCUT2D eigenvalue weighted by atomic mass is 10.1. The van der Waals surface area contributed by atoms with Gasteiger partial charge in [-0.3, -0.25) is 0 Å². The van der Waals surface area contributed by atoms with Crippen molar-refractivity contribution in [2.75, 3.05) is 7.11 Å². The first-order valence-electron chi connectivity index (χ1n) is 6.65. The molecule has 1 aliphatic rings. The molecular weight excluding hydrogens is 309 g/mol. The topological polar surface area (TPSA) is 39.2 Å². The van der Waals surface area contributed by atoms with Gasteiger partial charge < -0.3 is 4.74 Å². The molecule has 0 amide bonds.